The Balaban J connectivity index is 0.00000114. The molecule has 0 spiro atoms. The van der Waals surface area contributed by atoms with Crippen molar-refractivity contribution in [2.75, 3.05) is 9.80 Å². The first-order chi connectivity index (χ1) is 43.1. The van der Waals surface area contributed by atoms with Crippen LogP contribution >= 0.6 is 0 Å². The van der Waals surface area contributed by atoms with Crippen LogP contribution in [0, 0.1) is 0 Å². The zero-order valence-corrected chi connectivity index (χ0v) is 48.1. The summed E-state index contributed by atoms with van der Waals surface area (Å²) in [6.07, 6.45) is 5.58. The summed E-state index contributed by atoms with van der Waals surface area (Å²) in [5, 5.41) is 17.6. The van der Waals surface area contributed by atoms with E-state index in [9.17, 15) is 0 Å². The van der Waals surface area contributed by atoms with Gasteiger partial charge >= 0.3 is 6.85 Å². The van der Waals surface area contributed by atoms with E-state index >= 15 is 0 Å². The second-order valence-corrected chi connectivity index (χ2v) is 23.1. The molecule has 406 valence electrons. The zero-order valence-electron chi connectivity index (χ0n) is 48.1. The van der Waals surface area contributed by atoms with E-state index in [0.29, 0.717) is 0 Å². The van der Waals surface area contributed by atoms with E-state index in [4.69, 9.17) is 0 Å². The Hall–Kier alpha value is -11.2. The Labute approximate surface area is 506 Å². The second kappa shape index (κ2) is 20.3. The Morgan fingerprint density at radius 2 is 0.874 bits per heavy atom. The fourth-order valence-corrected chi connectivity index (χ4v) is 14.6. The monoisotopic (exact) mass is 1110 g/mol. The molecule has 0 saturated carbocycles. The molecule has 18 rings (SSSR count). The normalized spacial score (nSPS) is 12.4. The number of benzene rings is 15. The van der Waals surface area contributed by atoms with Gasteiger partial charge in [0.1, 0.15) is 0 Å². The molecule has 4 heteroatoms. The lowest BCUT2D eigenvalue weighted by Gasteiger charge is -2.42. The first-order valence-corrected chi connectivity index (χ1v) is 30.2. The van der Waals surface area contributed by atoms with Gasteiger partial charge in [-0.15, -0.1) is 0 Å². The molecule has 0 unspecified atom stereocenters. The summed E-state index contributed by atoms with van der Waals surface area (Å²) in [7, 11) is 0. The van der Waals surface area contributed by atoms with Crippen LogP contribution in [-0.2, 0) is 0 Å². The minimum absolute atomic E-state index is 0.207. The SMILES string of the molecule is C=C/C=C\C.c1ccc(-c2cc(-c3ccccc3)cc(N3c4cc5cc6c7ccccc7c7ccccc7c6cc5cc4B4c5c(cc(N(c6ccccc6)c6ccccc6)cc53)-c3cc5ccccc5c5c6c7ccccc7ccc6n4c35)c2)cc1. The Morgan fingerprint density at radius 1 is 0.368 bits per heavy atom. The van der Waals surface area contributed by atoms with E-state index in [1.807, 2.05) is 19.1 Å². The van der Waals surface area contributed by atoms with Crippen LogP contribution in [0.15, 0.2) is 316 Å². The van der Waals surface area contributed by atoms with Crippen LogP contribution in [0.3, 0.4) is 0 Å². The van der Waals surface area contributed by atoms with Crippen molar-refractivity contribution in [1.82, 2.24) is 4.48 Å². The third-order valence-electron chi connectivity index (χ3n) is 18.3. The molecule has 2 aliphatic rings. The van der Waals surface area contributed by atoms with E-state index in [-0.39, 0.29) is 6.85 Å². The van der Waals surface area contributed by atoms with Crippen molar-refractivity contribution >= 4 is 138 Å². The van der Waals surface area contributed by atoms with E-state index in [1.54, 1.807) is 6.08 Å². The molecule has 2 aliphatic heterocycles. The van der Waals surface area contributed by atoms with Gasteiger partial charge in [-0.2, -0.15) is 0 Å². The highest BCUT2D eigenvalue weighted by Gasteiger charge is 2.44. The quantitative estimate of drug-likeness (QED) is 0.0682. The molecule has 16 aromatic rings. The van der Waals surface area contributed by atoms with Crippen molar-refractivity contribution in [3.63, 3.8) is 0 Å². The van der Waals surface area contributed by atoms with Crippen LogP contribution in [0.4, 0.5) is 34.1 Å². The van der Waals surface area contributed by atoms with Crippen LogP contribution in [0.1, 0.15) is 6.92 Å². The van der Waals surface area contributed by atoms with Crippen molar-refractivity contribution in [2.24, 2.45) is 0 Å². The van der Waals surface area contributed by atoms with Crippen LogP contribution in [-0.4, -0.2) is 11.3 Å². The molecule has 0 saturated heterocycles. The number of anilines is 6. The maximum Gasteiger partial charge on any atom is 0.333 e. The standard InChI is InChI=1S/C78H48BN3.C5H8/c1-5-21-49(22-6-1)53-39-54(50-23-7-2-8-24-50)41-59(40-53)81-73-46-56-44-68-66-36-20-18-34-64(66)63-33-17-19-35-65(63)67(68)43-55(56)45-71(73)79-77-69(47-60(48-74(77)81)80(57-27-9-3-10-28-57)58-29-11-4-12-30-58)70-42-52-26-14-16-32-62(52)76-75-61-31-15-13-25-51(61)37-38-72(75)82(79)78(70)76;1-3-5-4-2/h1-48H;3-5H,1H2,2H3/b;5-4-. The highest BCUT2D eigenvalue weighted by atomic mass is 15.2. The number of allylic oxidation sites excluding steroid dienone is 3. The molecule has 3 heterocycles. The molecule has 0 aliphatic carbocycles. The summed E-state index contributed by atoms with van der Waals surface area (Å²) in [6.45, 7) is 5.22. The van der Waals surface area contributed by atoms with Gasteiger partial charge in [0, 0.05) is 61.5 Å². The molecule has 0 fully saturated rings. The minimum Gasteiger partial charge on any atom is -0.375 e. The second-order valence-electron chi connectivity index (χ2n) is 23.1. The topological polar surface area (TPSA) is 11.4 Å². The van der Waals surface area contributed by atoms with E-state index in [0.717, 1.165) is 45.3 Å². The molecule has 0 N–H and O–H groups in total. The fourth-order valence-electron chi connectivity index (χ4n) is 14.6. The van der Waals surface area contributed by atoms with E-state index in [2.05, 4.69) is 312 Å². The summed E-state index contributed by atoms with van der Waals surface area (Å²) in [5.41, 5.74) is 18.9. The summed E-state index contributed by atoms with van der Waals surface area (Å²) >= 11 is 0. The van der Waals surface area contributed by atoms with Gasteiger partial charge in [0.15, 0.2) is 0 Å². The molecule has 15 aromatic carbocycles. The number of rotatable bonds is 7. The summed E-state index contributed by atoms with van der Waals surface area (Å²) < 4.78 is 2.75. The van der Waals surface area contributed by atoms with E-state index in [1.165, 1.54) is 120 Å². The molecule has 0 radical (unpaired) electrons. The lowest BCUT2D eigenvalue weighted by atomic mass is 9.45. The molecule has 1 aromatic heterocycles. The van der Waals surface area contributed by atoms with Crippen LogP contribution < -0.4 is 20.7 Å². The van der Waals surface area contributed by atoms with Gasteiger partial charge in [0.25, 0.3) is 0 Å². The van der Waals surface area contributed by atoms with Gasteiger partial charge in [0.05, 0.1) is 0 Å². The molecule has 3 nitrogen and oxygen atoms in total. The number of para-hydroxylation sites is 2. The predicted octanol–water partition coefficient (Wildman–Crippen LogP) is 21.7. The van der Waals surface area contributed by atoms with Gasteiger partial charge in [0.2, 0.25) is 0 Å². The third-order valence-corrected chi connectivity index (χ3v) is 18.3. The van der Waals surface area contributed by atoms with Crippen LogP contribution in [0.2, 0.25) is 0 Å². The van der Waals surface area contributed by atoms with Gasteiger partial charge < -0.3 is 14.3 Å². The summed E-state index contributed by atoms with van der Waals surface area (Å²) in [5.74, 6) is 0. The molecular weight excluding hydrogens is 1050 g/mol. The zero-order chi connectivity index (χ0) is 57.7. The highest BCUT2D eigenvalue weighted by molar-refractivity contribution is 6.90. The van der Waals surface area contributed by atoms with Gasteiger partial charge in [-0.05, 0) is 195 Å². The lowest BCUT2D eigenvalue weighted by molar-refractivity contribution is 1.24. The molecule has 0 amide bonds. The van der Waals surface area contributed by atoms with Crippen molar-refractivity contribution < 1.29 is 0 Å². The number of hydrogen-bond acceptors (Lipinski definition) is 2. The van der Waals surface area contributed by atoms with Crippen molar-refractivity contribution in [1.29, 1.82) is 0 Å². The largest absolute Gasteiger partial charge is 0.375 e. The van der Waals surface area contributed by atoms with E-state index < -0.39 is 0 Å². The number of hydrogen-bond donors (Lipinski definition) is 0. The maximum absolute atomic E-state index is 3.46. The smallest absolute Gasteiger partial charge is 0.333 e. The maximum atomic E-state index is 3.46. The van der Waals surface area contributed by atoms with Crippen molar-refractivity contribution in [3.8, 4) is 33.4 Å². The Bertz CT molecular complexity index is 5400. The number of nitrogens with zero attached hydrogens (tertiary/aromatic N) is 3. The minimum atomic E-state index is -0.207. The molecule has 0 bridgehead atoms. The first-order valence-electron chi connectivity index (χ1n) is 30.2. The lowest BCUT2D eigenvalue weighted by Crippen LogP contribution is -2.56. The van der Waals surface area contributed by atoms with Crippen molar-refractivity contribution in [3.05, 3.63) is 316 Å². The number of aromatic nitrogens is 1. The average Bonchev–Trinajstić information content (AvgIpc) is 1.63. The Kier molecular flexibility index (Phi) is 11.7. The summed E-state index contributed by atoms with van der Waals surface area (Å²) in [6, 6.07) is 109. The Morgan fingerprint density at radius 3 is 1.44 bits per heavy atom. The fraction of sp³-hybridized carbons (Fsp3) is 0.0120. The van der Waals surface area contributed by atoms with Crippen molar-refractivity contribution in [2.45, 2.75) is 6.92 Å². The van der Waals surface area contributed by atoms with Gasteiger partial charge in [-0.25, -0.2) is 0 Å². The molecular formula is C83H56BN3. The predicted molar refractivity (Wildman–Crippen MR) is 376 cm³/mol. The third kappa shape index (κ3) is 7.92. The van der Waals surface area contributed by atoms with Crippen LogP contribution in [0.5, 0.6) is 0 Å². The average molecular weight is 1110 g/mol. The van der Waals surface area contributed by atoms with Gasteiger partial charge in [-0.3, -0.25) is 0 Å². The molecule has 0 atom stereocenters. The highest BCUT2D eigenvalue weighted by Crippen LogP contribution is 2.52. The first kappa shape index (κ1) is 50.3. The summed E-state index contributed by atoms with van der Waals surface area (Å²) in [4.78, 5) is 5.08. The van der Waals surface area contributed by atoms with Gasteiger partial charge in [-0.1, -0.05) is 231 Å². The molecule has 87 heavy (non-hydrogen) atoms. The number of fused-ring (bicyclic) bond motifs is 18. The van der Waals surface area contributed by atoms with Crippen LogP contribution in [0.25, 0.3) is 120 Å².